The smallest absolute Gasteiger partial charge is 0.253 e. The van der Waals surface area contributed by atoms with Crippen molar-refractivity contribution in [3.05, 3.63) is 65.7 Å². The first-order valence-electron chi connectivity index (χ1n) is 10.7. The summed E-state index contributed by atoms with van der Waals surface area (Å²) < 4.78 is 0.969. The zero-order valence-electron chi connectivity index (χ0n) is 17.9. The van der Waals surface area contributed by atoms with E-state index < -0.39 is 0 Å². The van der Waals surface area contributed by atoms with Crippen LogP contribution in [0.1, 0.15) is 24.0 Å². The van der Waals surface area contributed by atoms with Gasteiger partial charge in [-0.2, -0.15) is 0 Å². The lowest BCUT2D eigenvalue weighted by Crippen LogP contribution is -2.42. The van der Waals surface area contributed by atoms with Crippen LogP contribution in [-0.2, 0) is 14.4 Å². The van der Waals surface area contributed by atoms with Gasteiger partial charge in [-0.3, -0.25) is 24.2 Å². The van der Waals surface area contributed by atoms with Gasteiger partial charge in [-0.25, -0.2) is 4.98 Å². The number of thiazole rings is 1. The second-order valence-corrected chi connectivity index (χ2v) is 9.36. The molecule has 0 radical (unpaired) electrons. The molecular weight excluding hydrogens is 422 g/mol. The molecule has 5 rings (SSSR count). The van der Waals surface area contributed by atoms with Gasteiger partial charge >= 0.3 is 0 Å². The fourth-order valence-corrected chi connectivity index (χ4v) is 5.66. The first kappa shape index (κ1) is 20.6. The molecule has 0 spiro atoms. The predicted octanol–water partition coefficient (Wildman–Crippen LogP) is 4.53. The standard InChI is InChI=1S/C25H23N3O3S/c1-15-8-7-9-16(2)22(15)28(25-26-19-12-5-6-13-20(19)32-25)21(29)14-27-23(30)17-10-3-4-11-18(17)24(27)31/h3-9,12-13,17-18H,10-11,14H2,1-2H3/t17-,18-/m0/s1. The van der Waals surface area contributed by atoms with E-state index in [1.54, 1.807) is 4.90 Å². The maximum absolute atomic E-state index is 13.7. The number of aryl methyl sites for hydroxylation is 2. The number of hydrogen-bond acceptors (Lipinski definition) is 5. The number of likely N-dealkylation sites (tertiary alicyclic amines) is 1. The SMILES string of the molecule is Cc1cccc(C)c1N(C(=O)CN1C(=O)[C@H]2CC=CC[C@@H]2C1=O)c1nc2ccccc2s1. The first-order chi connectivity index (χ1) is 15.5. The minimum Gasteiger partial charge on any atom is -0.274 e. The van der Waals surface area contributed by atoms with Crippen LogP contribution in [0.15, 0.2) is 54.6 Å². The van der Waals surface area contributed by atoms with Crippen LogP contribution in [0.3, 0.4) is 0 Å². The Morgan fingerprint density at radius 2 is 1.62 bits per heavy atom. The molecule has 7 heteroatoms. The summed E-state index contributed by atoms with van der Waals surface area (Å²) in [6.45, 7) is 3.61. The number of fused-ring (bicyclic) bond motifs is 2. The molecule has 2 aliphatic rings. The lowest BCUT2D eigenvalue weighted by molar-refractivity contribution is -0.143. The van der Waals surface area contributed by atoms with E-state index in [0.717, 1.165) is 31.9 Å². The quantitative estimate of drug-likeness (QED) is 0.437. The Hall–Kier alpha value is -3.32. The lowest BCUT2D eigenvalue weighted by Gasteiger charge is -2.26. The molecule has 3 aromatic rings. The molecule has 0 N–H and O–H groups in total. The summed E-state index contributed by atoms with van der Waals surface area (Å²) >= 11 is 1.42. The molecular formula is C25H23N3O3S. The van der Waals surface area contributed by atoms with Crippen LogP contribution in [0, 0.1) is 25.7 Å². The Balaban J connectivity index is 1.54. The molecule has 1 fully saturated rings. The van der Waals surface area contributed by atoms with Gasteiger partial charge in [0.05, 0.1) is 27.7 Å². The molecule has 2 aromatic carbocycles. The summed E-state index contributed by atoms with van der Waals surface area (Å²) in [6, 6.07) is 13.6. The molecule has 162 valence electrons. The van der Waals surface area contributed by atoms with Crippen LogP contribution in [0.5, 0.6) is 0 Å². The van der Waals surface area contributed by atoms with Crippen LogP contribution in [0.25, 0.3) is 10.2 Å². The van der Waals surface area contributed by atoms with Gasteiger partial charge in [0.15, 0.2) is 5.13 Å². The number of carbonyl (C=O) groups is 3. The molecule has 1 aliphatic carbocycles. The summed E-state index contributed by atoms with van der Waals surface area (Å²) in [7, 11) is 0. The highest BCUT2D eigenvalue weighted by Crippen LogP contribution is 2.38. The molecule has 0 bridgehead atoms. The number of benzene rings is 2. The number of aromatic nitrogens is 1. The van der Waals surface area contributed by atoms with E-state index in [2.05, 4.69) is 0 Å². The molecule has 32 heavy (non-hydrogen) atoms. The molecule has 6 nitrogen and oxygen atoms in total. The number of carbonyl (C=O) groups excluding carboxylic acids is 3. The summed E-state index contributed by atoms with van der Waals surface area (Å²) in [5.41, 5.74) is 3.40. The topological polar surface area (TPSA) is 70.6 Å². The van der Waals surface area contributed by atoms with E-state index >= 15 is 0 Å². The van der Waals surface area contributed by atoms with Gasteiger partial charge in [0.1, 0.15) is 6.54 Å². The average molecular weight is 446 g/mol. The maximum Gasteiger partial charge on any atom is 0.253 e. The fourth-order valence-electron chi connectivity index (χ4n) is 4.67. The molecule has 1 saturated heterocycles. The molecule has 1 aliphatic heterocycles. The van der Waals surface area contributed by atoms with Crippen molar-refractivity contribution in [2.75, 3.05) is 11.4 Å². The number of para-hydroxylation sites is 2. The Labute approximate surface area is 190 Å². The minimum absolute atomic E-state index is 0.247. The molecule has 2 atom stereocenters. The van der Waals surface area contributed by atoms with E-state index in [0.29, 0.717) is 18.0 Å². The van der Waals surface area contributed by atoms with Crippen LogP contribution < -0.4 is 4.90 Å². The molecule has 0 unspecified atom stereocenters. The van der Waals surface area contributed by atoms with Gasteiger partial charge in [0.2, 0.25) is 11.8 Å². The van der Waals surface area contributed by atoms with Crippen molar-refractivity contribution in [3.8, 4) is 0 Å². The number of nitrogens with zero attached hydrogens (tertiary/aromatic N) is 3. The van der Waals surface area contributed by atoms with Crippen molar-refractivity contribution in [1.29, 1.82) is 0 Å². The van der Waals surface area contributed by atoms with Crippen molar-refractivity contribution < 1.29 is 14.4 Å². The number of rotatable bonds is 4. The number of anilines is 2. The number of imide groups is 1. The van der Waals surface area contributed by atoms with Gasteiger partial charge in [0, 0.05) is 0 Å². The Morgan fingerprint density at radius 3 is 2.25 bits per heavy atom. The molecule has 1 aromatic heterocycles. The van der Waals surface area contributed by atoms with Gasteiger partial charge in [-0.05, 0) is 49.9 Å². The number of amides is 3. The van der Waals surface area contributed by atoms with E-state index in [-0.39, 0.29) is 36.1 Å². The van der Waals surface area contributed by atoms with E-state index in [1.165, 1.54) is 11.3 Å². The van der Waals surface area contributed by atoms with E-state index in [4.69, 9.17) is 4.98 Å². The number of hydrogen-bond donors (Lipinski definition) is 0. The molecule has 0 saturated carbocycles. The Bertz CT molecular complexity index is 1200. The van der Waals surface area contributed by atoms with E-state index in [9.17, 15) is 14.4 Å². The summed E-state index contributed by atoms with van der Waals surface area (Å²) in [6.07, 6.45) is 5.00. The zero-order valence-corrected chi connectivity index (χ0v) is 18.8. The second kappa shape index (κ2) is 7.98. The summed E-state index contributed by atoms with van der Waals surface area (Å²) in [5.74, 6) is -1.53. The minimum atomic E-state index is -0.351. The monoisotopic (exact) mass is 445 g/mol. The summed E-state index contributed by atoms with van der Waals surface area (Å²) in [4.78, 5) is 47.0. The number of allylic oxidation sites excluding steroid dienone is 2. The predicted molar refractivity (Wildman–Crippen MR) is 125 cm³/mol. The molecule has 3 amide bonds. The van der Waals surface area contributed by atoms with Crippen molar-refractivity contribution in [1.82, 2.24) is 9.88 Å². The average Bonchev–Trinajstić information content (AvgIpc) is 3.31. The Morgan fingerprint density at radius 1 is 1.00 bits per heavy atom. The first-order valence-corrected chi connectivity index (χ1v) is 11.5. The normalized spacial score (nSPS) is 20.1. The third kappa shape index (κ3) is 3.33. The third-order valence-corrected chi connectivity index (χ3v) is 7.30. The Kier molecular flexibility index (Phi) is 5.13. The second-order valence-electron chi connectivity index (χ2n) is 8.35. The van der Waals surface area contributed by atoms with Gasteiger partial charge in [-0.1, -0.05) is 53.8 Å². The van der Waals surface area contributed by atoms with E-state index in [1.807, 2.05) is 68.5 Å². The summed E-state index contributed by atoms with van der Waals surface area (Å²) in [5, 5.41) is 0.534. The van der Waals surface area contributed by atoms with Crippen molar-refractivity contribution in [2.45, 2.75) is 26.7 Å². The zero-order chi connectivity index (χ0) is 22.4. The van der Waals surface area contributed by atoms with Crippen molar-refractivity contribution >= 4 is 50.1 Å². The molecule has 2 heterocycles. The van der Waals surface area contributed by atoms with Crippen LogP contribution in [0.4, 0.5) is 10.8 Å². The highest BCUT2D eigenvalue weighted by Gasteiger charge is 2.48. The van der Waals surface area contributed by atoms with Crippen molar-refractivity contribution in [2.24, 2.45) is 11.8 Å². The highest BCUT2D eigenvalue weighted by molar-refractivity contribution is 7.22. The lowest BCUT2D eigenvalue weighted by atomic mass is 9.85. The van der Waals surface area contributed by atoms with Gasteiger partial charge in [0.25, 0.3) is 5.91 Å². The van der Waals surface area contributed by atoms with Gasteiger partial charge in [-0.15, -0.1) is 0 Å². The highest BCUT2D eigenvalue weighted by atomic mass is 32.1. The van der Waals surface area contributed by atoms with Crippen LogP contribution >= 0.6 is 11.3 Å². The fraction of sp³-hybridized carbons (Fsp3) is 0.280. The van der Waals surface area contributed by atoms with Crippen LogP contribution in [0.2, 0.25) is 0 Å². The van der Waals surface area contributed by atoms with Crippen molar-refractivity contribution in [3.63, 3.8) is 0 Å². The largest absolute Gasteiger partial charge is 0.274 e. The third-order valence-electron chi connectivity index (χ3n) is 6.28. The maximum atomic E-state index is 13.7. The van der Waals surface area contributed by atoms with Crippen LogP contribution in [-0.4, -0.2) is 34.2 Å². The van der Waals surface area contributed by atoms with Gasteiger partial charge < -0.3 is 0 Å².